The van der Waals surface area contributed by atoms with Gasteiger partial charge < -0.3 is 0 Å². The van der Waals surface area contributed by atoms with Crippen LogP contribution in [-0.4, -0.2) is 11.6 Å². The molecule has 2 heteroatoms. The fraction of sp³-hybridized carbons (Fsp3) is 0.333. The lowest BCUT2D eigenvalue weighted by atomic mass is 9.97. The largest absolute Gasteiger partial charge is 0.286 e. The highest BCUT2D eigenvalue weighted by Gasteiger charge is 2.17. The summed E-state index contributed by atoms with van der Waals surface area (Å²) in [5.74, 6) is -0.760. The first-order valence-corrected chi connectivity index (χ1v) is 3.62. The second-order valence-corrected chi connectivity index (χ2v) is 2.59. The molecule has 0 radical (unpaired) electrons. The second kappa shape index (κ2) is 2.82. The lowest BCUT2D eigenvalue weighted by Crippen LogP contribution is -2.16. The Kier molecular flexibility index (Phi) is 2.03. The summed E-state index contributed by atoms with van der Waals surface area (Å²) in [5.41, 5.74) is 1.49. The number of ketones is 2. The van der Waals surface area contributed by atoms with Crippen LogP contribution in [0.5, 0.6) is 0 Å². The quantitative estimate of drug-likeness (QED) is 0.418. The summed E-state index contributed by atoms with van der Waals surface area (Å²) in [6.07, 6.45) is 3.98. The topological polar surface area (TPSA) is 34.1 Å². The number of hydrogen-bond acceptors (Lipinski definition) is 2. The summed E-state index contributed by atoms with van der Waals surface area (Å²) >= 11 is 0. The minimum atomic E-state index is -0.387. The number of carbonyl (C=O) groups is 2. The van der Waals surface area contributed by atoms with Crippen LogP contribution in [0.15, 0.2) is 23.3 Å². The van der Waals surface area contributed by atoms with E-state index in [1.165, 1.54) is 6.08 Å². The first-order valence-electron chi connectivity index (χ1n) is 3.62. The van der Waals surface area contributed by atoms with E-state index in [1.807, 2.05) is 6.92 Å². The molecule has 0 N–H and O–H groups in total. The fourth-order valence-corrected chi connectivity index (χ4v) is 1.02. The van der Waals surface area contributed by atoms with Crippen LogP contribution in [-0.2, 0) is 9.59 Å². The second-order valence-electron chi connectivity index (χ2n) is 2.59. The van der Waals surface area contributed by atoms with E-state index in [4.69, 9.17) is 0 Å². The molecule has 0 aromatic rings. The molecule has 0 saturated heterocycles. The van der Waals surface area contributed by atoms with Gasteiger partial charge in [-0.05, 0) is 25.0 Å². The van der Waals surface area contributed by atoms with Crippen LogP contribution >= 0.6 is 0 Å². The SMILES string of the molecule is CCC1=CC(=O)C(=O)C(C)=C1. The summed E-state index contributed by atoms with van der Waals surface area (Å²) in [4.78, 5) is 21.8. The minimum absolute atomic E-state index is 0.373. The average molecular weight is 150 g/mol. The third-order valence-corrected chi connectivity index (χ3v) is 1.71. The molecule has 0 heterocycles. The van der Waals surface area contributed by atoms with E-state index in [2.05, 4.69) is 0 Å². The van der Waals surface area contributed by atoms with E-state index in [0.29, 0.717) is 5.57 Å². The van der Waals surface area contributed by atoms with Crippen molar-refractivity contribution in [2.75, 3.05) is 0 Å². The zero-order valence-electron chi connectivity index (χ0n) is 6.68. The van der Waals surface area contributed by atoms with Crippen molar-refractivity contribution in [1.29, 1.82) is 0 Å². The van der Waals surface area contributed by atoms with E-state index in [0.717, 1.165) is 12.0 Å². The number of carbonyl (C=O) groups excluding carboxylic acids is 2. The van der Waals surface area contributed by atoms with Crippen LogP contribution in [0.3, 0.4) is 0 Å². The highest BCUT2D eigenvalue weighted by atomic mass is 16.2. The van der Waals surface area contributed by atoms with Gasteiger partial charge in [0.2, 0.25) is 11.6 Å². The fourth-order valence-electron chi connectivity index (χ4n) is 1.02. The van der Waals surface area contributed by atoms with Crippen molar-refractivity contribution in [3.05, 3.63) is 23.3 Å². The van der Waals surface area contributed by atoms with Gasteiger partial charge in [0, 0.05) is 5.57 Å². The van der Waals surface area contributed by atoms with Gasteiger partial charge in [-0.1, -0.05) is 13.0 Å². The van der Waals surface area contributed by atoms with Crippen molar-refractivity contribution in [2.45, 2.75) is 20.3 Å². The van der Waals surface area contributed by atoms with Crippen LogP contribution in [0.1, 0.15) is 20.3 Å². The van der Waals surface area contributed by atoms with E-state index >= 15 is 0 Å². The molecule has 0 fully saturated rings. The Labute approximate surface area is 65.6 Å². The van der Waals surface area contributed by atoms with Gasteiger partial charge in [-0.25, -0.2) is 0 Å². The number of hydrogen-bond donors (Lipinski definition) is 0. The maximum atomic E-state index is 10.9. The van der Waals surface area contributed by atoms with Gasteiger partial charge in [-0.2, -0.15) is 0 Å². The van der Waals surface area contributed by atoms with Crippen molar-refractivity contribution < 1.29 is 9.59 Å². The average Bonchev–Trinajstić information content (AvgIpc) is 1.99. The van der Waals surface area contributed by atoms with Gasteiger partial charge >= 0.3 is 0 Å². The summed E-state index contributed by atoms with van der Waals surface area (Å²) in [6.45, 7) is 3.63. The van der Waals surface area contributed by atoms with Crippen LogP contribution < -0.4 is 0 Å². The molecular weight excluding hydrogens is 140 g/mol. The maximum Gasteiger partial charge on any atom is 0.228 e. The lowest BCUT2D eigenvalue weighted by Gasteiger charge is -2.05. The van der Waals surface area contributed by atoms with Crippen LogP contribution in [0.4, 0.5) is 0 Å². The Hall–Kier alpha value is -1.18. The lowest BCUT2D eigenvalue weighted by molar-refractivity contribution is -0.131. The van der Waals surface area contributed by atoms with Crippen molar-refractivity contribution in [3.8, 4) is 0 Å². The van der Waals surface area contributed by atoms with Crippen molar-refractivity contribution in [2.24, 2.45) is 0 Å². The normalized spacial score (nSPS) is 18.0. The zero-order valence-corrected chi connectivity index (χ0v) is 6.68. The molecule has 0 atom stereocenters. The summed E-state index contributed by atoms with van der Waals surface area (Å²) in [7, 11) is 0. The third kappa shape index (κ3) is 1.45. The molecule has 0 amide bonds. The van der Waals surface area contributed by atoms with E-state index < -0.39 is 0 Å². The standard InChI is InChI=1S/C9H10O2/c1-3-7-4-6(2)9(11)8(10)5-7/h4-5H,3H2,1-2H3. The molecule has 0 saturated carbocycles. The third-order valence-electron chi connectivity index (χ3n) is 1.71. The minimum Gasteiger partial charge on any atom is -0.286 e. The van der Waals surface area contributed by atoms with Gasteiger partial charge in [-0.3, -0.25) is 9.59 Å². The first-order chi connectivity index (χ1) is 5.15. The Balaban J connectivity index is 3.00. The predicted octanol–water partition coefficient (Wildman–Crippen LogP) is 1.42. The molecule has 0 aromatic heterocycles. The monoisotopic (exact) mass is 150 g/mol. The molecule has 1 aliphatic rings. The molecular formula is C9H10O2. The number of allylic oxidation sites excluding steroid dienone is 4. The highest BCUT2D eigenvalue weighted by Crippen LogP contribution is 2.13. The molecule has 0 aromatic carbocycles. The zero-order chi connectivity index (χ0) is 8.43. The number of rotatable bonds is 1. The molecule has 0 aliphatic heterocycles. The Morgan fingerprint density at radius 3 is 2.36 bits per heavy atom. The van der Waals surface area contributed by atoms with Gasteiger partial charge in [-0.15, -0.1) is 0 Å². The van der Waals surface area contributed by atoms with Crippen molar-refractivity contribution in [3.63, 3.8) is 0 Å². The molecule has 0 spiro atoms. The molecule has 1 aliphatic carbocycles. The molecule has 2 nitrogen and oxygen atoms in total. The van der Waals surface area contributed by atoms with Crippen LogP contribution in [0.25, 0.3) is 0 Å². The van der Waals surface area contributed by atoms with Crippen LogP contribution in [0.2, 0.25) is 0 Å². The molecule has 11 heavy (non-hydrogen) atoms. The smallest absolute Gasteiger partial charge is 0.228 e. The van der Waals surface area contributed by atoms with Gasteiger partial charge in [0.25, 0.3) is 0 Å². The predicted molar refractivity (Wildman–Crippen MR) is 42.1 cm³/mol. The number of Topliss-reactive ketones (excluding diaryl/α,β-unsaturated/α-hetero) is 1. The Morgan fingerprint density at radius 2 is 1.91 bits per heavy atom. The van der Waals surface area contributed by atoms with Crippen molar-refractivity contribution >= 4 is 11.6 Å². The maximum absolute atomic E-state index is 10.9. The van der Waals surface area contributed by atoms with Gasteiger partial charge in [0.15, 0.2) is 0 Å². The van der Waals surface area contributed by atoms with Gasteiger partial charge in [0.05, 0.1) is 0 Å². The van der Waals surface area contributed by atoms with Gasteiger partial charge in [0.1, 0.15) is 0 Å². The molecule has 58 valence electrons. The molecule has 0 bridgehead atoms. The highest BCUT2D eigenvalue weighted by molar-refractivity contribution is 6.48. The molecule has 0 unspecified atom stereocenters. The summed E-state index contributed by atoms with van der Waals surface area (Å²) in [5, 5.41) is 0. The van der Waals surface area contributed by atoms with E-state index in [1.54, 1.807) is 13.0 Å². The first kappa shape index (κ1) is 7.92. The van der Waals surface area contributed by atoms with E-state index in [-0.39, 0.29) is 11.6 Å². The Bertz CT molecular complexity index is 269. The molecule has 1 rings (SSSR count). The van der Waals surface area contributed by atoms with E-state index in [9.17, 15) is 9.59 Å². The Morgan fingerprint density at radius 1 is 1.27 bits per heavy atom. The summed E-state index contributed by atoms with van der Waals surface area (Å²) < 4.78 is 0. The summed E-state index contributed by atoms with van der Waals surface area (Å²) in [6, 6.07) is 0. The van der Waals surface area contributed by atoms with Crippen molar-refractivity contribution in [1.82, 2.24) is 0 Å². The van der Waals surface area contributed by atoms with Crippen LogP contribution in [0, 0.1) is 0 Å².